The van der Waals surface area contributed by atoms with E-state index in [-0.39, 0.29) is 17.9 Å². The molecule has 0 radical (unpaired) electrons. The zero-order valence-electron chi connectivity index (χ0n) is 10.2. The summed E-state index contributed by atoms with van der Waals surface area (Å²) >= 11 is 0. The Hall–Kier alpha value is -1.19. The van der Waals surface area contributed by atoms with Crippen molar-refractivity contribution in [1.82, 2.24) is 4.90 Å². The Morgan fingerprint density at radius 3 is 2.41 bits per heavy atom. The molecule has 0 unspecified atom stereocenters. The number of benzene rings is 1. The lowest BCUT2D eigenvalue weighted by atomic mass is 9.98. The summed E-state index contributed by atoms with van der Waals surface area (Å²) in [5, 5.41) is 9.51. The topological polar surface area (TPSA) is 40.5 Å². The van der Waals surface area contributed by atoms with Gasteiger partial charge >= 0.3 is 0 Å². The van der Waals surface area contributed by atoms with Gasteiger partial charge in [0.2, 0.25) is 0 Å². The van der Waals surface area contributed by atoms with Crippen LogP contribution in [-0.2, 0) is 4.79 Å². The van der Waals surface area contributed by atoms with Crippen molar-refractivity contribution in [3.05, 3.63) is 35.9 Å². The number of aliphatic hydroxyl groups is 1. The van der Waals surface area contributed by atoms with Crippen LogP contribution >= 0.6 is 0 Å². The third-order valence-electron chi connectivity index (χ3n) is 3.36. The van der Waals surface area contributed by atoms with Crippen LogP contribution in [0.25, 0.3) is 0 Å². The average Bonchev–Trinajstić information content (AvgIpc) is 2.33. The first-order valence-electron chi connectivity index (χ1n) is 6.16. The number of Topliss-reactive ketones (excluding diaryl/α,β-unsaturated/α-hetero) is 1. The lowest BCUT2D eigenvalue weighted by Crippen LogP contribution is -2.40. The number of carbonyl (C=O) groups excluding carboxylic acids is 1. The van der Waals surface area contributed by atoms with E-state index < -0.39 is 0 Å². The van der Waals surface area contributed by atoms with Crippen molar-refractivity contribution >= 4 is 5.78 Å². The summed E-state index contributed by atoms with van der Waals surface area (Å²) in [7, 11) is 0. The van der Waals surface area contributed by atoms with Gasteiger partial charge in [-0.05, 0) is 25.3 Å². The number of ketones is 1. The van der Waals surface area contributed by atoms with E-state index in [0.29, 0.717) is 0 Å². The molecule has 2 rings (SSSR count). The minimum atomic E-state index is -0.199. The minimum absolute atomic E-state index is 0.149. The predicted molar refractivity (Wildman–Crippen MR) is 66.7 cm³/mol. The summed E-state index contributed by atoms with van der Waals surface area (Å²) in [6, 6.07) is 9.73. The van der Waals surface area contributed by atoms with E-state index in [9.17, 15) is 9.90 Å². The van der Waals surface area contributed by atoms with Crippen molar-refractivity contribution in [3.8, 4) is 0 Å². The van der Waals surface area contributed by atoms with Crippen LogP contribution in [0.4, 0.5) is 0 Å². The van der Waals surface area contributed by atoms with E-state index in [1.165, 1.54) is 0 Å². The van der Waals surface area contributed by atoms with E-state index in [2.05, 4.69) is 4.90 Å². The summed E-state index contributed by atoms with van der Waals surface area (Å²) in [5.41, 5.74) is 1.05. The van der Waals surface area contributed by atoms with E-state index in [4.69, 9.17) is 0 Å². The normalized spacial score (nSPS) is 20.1. The standard InChI is InChI=1S/C14H19NO2/c1-11(16)14(12-5-3-2-4-6-12)15-9-7-13(17)8-10-15/h2-6,13-14,17H,7-10H2,1H3/t14-/m1/s1. The van der Waals surface area contributed by atoms with Gasteiger partial charge in [0.05, 0.1) is 12.1 Å². The molecule has 0 aliphatic carbocycles. The number of piperidine rings is 1. The van der Waals surface area contributed by atoms with Crippen molar-refractivity contribution < 1.29 is 9.90 Å². The van der Waals surface area contributed by atoms with Crippen LogP contribution in [0.2, 0.25) is 0 Å². The fourth-order valence-electron chi connectivity index (χ4n) is 2.48. The first-order chi connectivity index (χ1) is 8.18. The molecule has 1 heterocycles. The summed E-state index contributed by atoms with van der Waals surface area (Å²) in [5.74, 6) is 0.174. The van der Waals surface area contributed by atoms with Gasteiger partial charge in [0.15, 0.2) is 5.78 Å². The molecule has 3 nitrogen and oxygen atoms in total. The molecule has 0 spiro atoms. The first kappa shape index (κ1) is 12.3. The van der Waals surface area contributed by atoms with Gasteiger partial charge in [-0.25, -0.2) is 0 Å². The van der Waals surface area contributed by atoms with Crippen molar-refractivity contribution in [2.75, 3.05) is 13.1 Å². The highest BCUT2D eigenvalue weighted by molar-refractivity contribution is 5.82. The van der Waals surface area contributed by atoms with Crippen LogP contribution in [0, 0.1) is 0 Å². The molecule has 1 aromatic rings. The fourth-order valence-corrected chi connectivity index (χ4v) is 2.48. The molecular formula is C14H19NO2. The molecule has 3 heteroatoms. The molecule has 0 bridgehead atoms. The van der Waals surface area contributed by atoms with Gasteiger partial charge in [-0.15, -0.1) is 0 Å². The Bertz CT molecular complexity index is 369. The number of carbonyl (C=O) groups is 1. The molecule has 0 amide bonds. The monoisotopic (exact) mass is 233 g/mol. The van der Waals surface area contributed by atoms with Gasteiger partial charge in [0.25, 0.3) is 0 Å². The van der Waals surface area contributed by atoms with Crippen molar-refractivity contribution in [2.45, 2.75) is 31.9 Å². The zero-order chi connectivity index (χ0) is 12.3. The maximum absolute atomic E-state index is 11.8. The Morgan fingerprint density at radius 2 is 1.88 bits per heavy atom. The zero-order valence-corrected chi connectivity index (χ0v) is 10.2. The molecule has 0 aromatic heterocycles. The van der Waals surface area contributed by atoms with E-state index >= 15 is 0 Å². The van der Waals surface area contributed by atoms with Crippen LogP contribution in [0.3, 0.4) is 0 Å². The molecule has 17 heavy (non-hydrogen) atoms. The highest BCUT2D eigenvalue weighted by Crippen LogP contribution is 2.25. The molecule has 0 saturated carbocycles. The molecule has 1 N–H and O–H groups in total. The van der Waals surface area contributed by atoms with Gasteiger partial charge in [-0.3, -0.25) is 9.69 Å². The fraction of sp³-hybridized carbons (Fsp3) is 0.500. The van der Waals surface area contributed by atoms with E-state index in [1.54, 1.807) is 6.92 Å². The van der Waals surface area contributed by atoms with Gasteiger partial charge < -0.3 is 5.11 Å². The molecule has 1 saturated heterocycles. The maximum Gasteiger partial charge on any atom is 0.151 e. The number of rotatable bonds is 3. The second kappa shape index (κ2) is 5.43. The lowest BCUT2D eigenvalue weighted by Gasteiger charge is -2.35. The number of hydrogen-bond acceptors (Lipinski definition) is 3. The Labute approximate surface area is 102 Å². The predicted octanol–water partition coefficient (Wildman–Crippen LogP) is 1.77. The first-order valence-corrected chi connectivity index (χ1v) is 6.16. The highest BCUT2D eigenvalue weighted by atomic mass is 16.3. The van der Waals surface area contributed by atoms with Crippen LogP contribution in [0.15, 0.2) is 30.3 Å². The number of hydrogen-bond donors (Lipinski definition) is 1. The Morgan fingerprint density at radius 1 is 1.29 bits per heavy atom. The Balaban J connectivity index is 2.16. The van der Waals surface area contributed by atoms with Gasteiger partial charge in [-0.2, -0.15) is 0 Å². The molecule has 1 aromatic carbocycles. The van der Waals surface area contributed by atoms with Crippen molar-refractivity contribution in [3.63, 3.8) is 0 Å². The molecule has 1 fully saturated rings. The lowest BCUT2D eigenvalue weighted by molar-refractivity contribution is -0.123. The third-order valence-corrected chi connectivity index (χ3v) is 3.36. The van der Waals surface area contributed by atoms with Gasteiger partial charge in [0.1, 0.15) is 0 Å². The van der Waals surface area contributed by atoms with Crippen molar-refractivity contribution in [2.24, 2.45) is 0 Å². The second-order valence-corrected chi connectivity index (χ2v) is 4.69. The van der Waals surface area contributed by atoms with Gasteiger partial charge in [-0.1, -0.05) is 30.3 Å². The molecule has 1 aliphatic rings. The van der Waals surface area contributed by atoms with Crippen LogP contribution in [0.1, 0.15) is 31.4 Å². The minimum Gasteiger partial charge on any atom is -0.393 e. The second-order valence-electron chi connectivity index (χ2n) is 4.69. The third kappa shape index (κ3) is 2.93. The van der Waals surface area contributed by atoms with Crippen LogP contribution in [0.5, 0.6) is 0 Å². The van der Waals surface area contributed by atoms with E-state index in [1.807, 2.05) is 30.3 Å². The van der Waals surface area contributed by atoms with Crippen LogP contribution < -0.4 is 0 Å². The Kier molecular flexibility index (Phi) is 3.92. The van der Waals surface area contributed by atoms with E-state index in [0.717, 1.165) is 31.5 Å². The van der Waals surface area contributed by atoms with Crippen LogP contribution in [-0.4, -0.2) is 35.0 Å². The smallest absolute Gasteiger partial charge is 0.151 e. The average molecular weight is 233 g/mol. The summed E-state index contributed by atoms with van der Waals surface area (Å²) in [6.07, 6.45) is 1.32. The molecule has 1 atom stereocenters. The number of nitrogens with zero attached hydrogens (tertiary/aromatic N) is 1. The molecule has 92 valence electrons. The molecule has 1 aliphatic heterocycles. The quantitative estimate of drug-likeness (QED) is 0.865. The number of likely N-dealkylation sites (tertiary alicyclic amines) is 1. The molecular weight excluding hydrogens is 214 g/mol. The SMILES string of the molecule is CC(=O)[C@H](c1ccccc1)N1CCC(O)CC1. The number of aliphatic hydroxyl groups excluding tert-OH is 1. The van der Waals surface area contributed by atoms with Gasteiger partial charge in [0, 0.05) is 13.1 Å². The van der Waals surface area contributed by atoms with Crippen molar-refractivity contribution in [1.29, 1.82) is 0 Å². The highest BCUT2D eigenvalue weighted by Gasteiger charge is 2.27. The summed E-state index contributed by atoms with van der Waals surface area (Å²) < 4.78 is 0. The summed E-state index contributed by atoms with van der Waals surface area (Å²) in [6.45, 7) is 3.23. The maximum atomic E-state index is 11.8. The summed E-state index contributed by atoms with van der Waals surface area (Å²) in [4.78, 5) is 14.0. The largest absolute Gasteiger partial charge is 0.393 e.